The van der Waals surface area contributed by atoms with Crippen molar-refractivity contribution in [3.8, 4) is 0 Å². The minimum absolute atomic E-state index is 0.0340. The third-order valence-corrected chi connectivity index (χ3v) is 16.9. The zero-order valence-electron chi connectivity index (χ0n) is 54.5. The molecule has 0 aromatic heterocycles. The molecule has 0 aliphatic heterocycles. The molecule has 0 aromatic rings. The number of hydrogen-bond donors (Lipinski definition) is 1. The first-order chi connectivity index (χ1) is 39.5. The van der Waals surface area contributed by atoms with Crippen molar-refractivity contribution in [2.24, 2.45) is 0 Å². The summed E-state index contributed by atoms with van der Waals surface area (Å²) in [5.41, 5.74) is 0. The molecule has 0 radical (unpaired) electrons. The predicted molar refractivity (Wildman–Crippen MR) is 349 cm³/mol. The van der Waals surface area contributed by atoms with Crippen LogP contribution in [0, 0.1) is 0 Å². The zero-order chi connectivity index (χ0) is 59.1. The molecule has 1 N–H and O–H groups in total. The van der Waals surface area contributed by atoms with Crippen LogP contribution in [0.25, 0.3) is 0 Å². The van der Waals surface area contributed by atoms with E-state index in [1.165, 1.54) is 276 Å². The van der Waals surface area contributed by atoms with Crippen LogP contribution in [0.1, 0.15) is 354 Å². The SMILES string of the molecule is CCCCCCC/C=C\C/C=C\C/C=C\CCCCCCCCCCCCCCCCC(=O)OC(COC(=O)CCCCCCCCCCCCCCCCCCCCCCCCCCCCCC)COP(=O)(O)OCC[N+](C)(C)C. The molecule has 0 aliphatic carbocycles. The monoisotopic (exact) mass is 1160 g/mol. The van der Waals surface area contributed by atoms with Gasteiger partial charge in [0.1, 0.15) is 19.8 Å². The number of likely N-dealkylation sites (N-methyl/N-ethyl adjacent to an activating group) is 1. The van der Waals surface area contributed by atoms with Gasteiger partial charge in [0.25, 0.3) is 0 Å². The van der Waals surface area contributed by atoms with E-state index in [0.717, 1.165) is 44.9 Å². The summed E-state index contributed by atoms with van der Waals surface area (Å²) in [5, 5.41) is 0. The molecule has 10 heteroatoms. The largest absolute Gasteiger partial charge is 0.472 e. The van der Waals surface area contributed by atoms with Crippen molar-refractivity contribution in [2.75, 3.05) is 47.5 Å². The molecule has 2 unspecified atom stereocenters. The highest BCUT2D eigenvalue weighted by Crippen LogP contribution is 2.43. The minimum Gasteiger partial charge on any atom is -0.462 e. The molecule has 0 amide bonds. The lowest BCUT2D eigenvalue weighted by Gasteiger charge is -2.24. The van der Waals surface area contributed by atoms with Gasteiger partial charge in [-0.3, -0.25) is 18.6 Å². The quantitative estimate of drug-likeness (QED) is 0.0211. The fourth-order valence-electron chi connectivity index (χ4n) is 10.5. The van der Waals surface area contributed by atoms with E-state index in [1.54, 1.807) is 0 Å². The van der Waals surface area contributed by atoms with Crippen LogP contribution < -0.4 is 0 Å². The number of phosphoric acid groups is 1. The summed E-state index contributed by atoms with van der Waals surface area (Å²) in [6.45, 7) is 4.49. The van der Waals surface area contributed by atoms with Crippen LogP contribution in [-0.2, 0) is 32.7 Å². The van der Waals surface area contributed by atoms with Gasteiger partial charge < -0.3 is 18.9 Å². The van der Waals surface area contributed by atoms with Crippen LogP contribution >= 0.6 is 7.82 Å². The van der Waals surface area contributed by atoms with Crippen LogP contribution in [0.5, 0.6) is 0 Å². The number of quaternary nitrogens is 1. The van der Waals surface area contributed by atoms with Gasteiger partial charge in [-0.1, -0.05) is 326 Å². The number of hydrogen-bond acceptors (Lipinski definition) is 7. The first-order valence-electron chi connectivity index (χ1n) is 35.2. The van der Waals surface area contributed by atoms with Crippen molar-refractivity contribution in [3.63, 3.8) is 0 Å². The van der Waals surface area contributed by atoms with Crippen molar-refractivity contribution < 1.29 is 42.1 Å². The summed E-state index contributed by atoms with van der Waals surface area (Å²) in [4.78, 5) is 35.9. The summed E-state index contributed by atoms with van der Waals surface area (Å²) >= 11 is 0. The third-order valence-electron chi connectivity index (χ3n) is 15.9. The van der Waals surface area contributed by atoms with Crippen LogP contribution in [0.15, 0.2) is 36.5 Å². The highest BCUT2D eigenvalue weighted by molar-refractivity contribution is 7.47. The third kappa shape index (κ3) is 67.2. The molecule has 2 atom stereocenters. The fourth-order valence-corrected chi connectivity index (χ4v) is 11.2. The smallest absolute Gasteiger partial charge is 0.462 e. The van der Waals surface area contributed by atoms with Crippen molar-refractivity contribution in [1.29, 1.82) is 0 Å². The summed E-state index contributed by atoms with van der Waals surface area (Å²) in [6, 6.07) is 0. The first-order valence-corrected chi connectivity index (χ1v) is 36.7. The lowest BCUT2D eigenvalue weighted by Crippen LogP contribution is -2.37. The Hall–Kier alpha value is -1.77. The second-order valence-corrected chi connectivity index (χ2v) is 26.7. The van der Waals surface area contributed by atoms with Gasteiger partial charge in [0.05, 0.1) is 27.7 Å². The average molecular weight is 1160 g/mol. The van der Waals surface area contributed by atoms with Crippen molar-refractivity contribution in [1.82, 2.24) is 0 Å². The number of ether oxygens (including phenoxy) is 2. The van der Waals surface area contributed by atoms with Gasteiger partial charge in [0.2, 0.25) is 0 Å². The molecular weight excluding hydrogens is 1030 g/mol. The second kappa shape index (κ2) is 62.8. The average Bonchev–Trinajstić information content (AvgIpc) is 3.43. The Morgan fingerprint density at radius 3 is 0.988 bits per heavy atom. The predicted octanol–water partition coefficient (Wildman–Crippen LogP) is 22.7. The Morgan fingerprint density at radius 1 is 0.383 bits per heavy atom. The summed E-state index contributed by atoms with van der Waals surface area (Å²) in [5.74, 6) is -0.778. The summed E-state index contributed by atoms with van der Waals surface area (Å²) in [7, 11) is 1.49. The topological polar surface area (TPSA) is 108 Å². The van der Waals surface area contributed by atoms with E-state index >= 15 is 0 Å². The zero-order valence-corrected chi connectivity index (χ0v) is 55.4. The Kier molecular flexibility index (Phi) is 61.4. The molecule has 0 bridgehead atoms. The first kappa shape index (κ1) is 79.2. The molecule has 0 saturated carbocycles. The second-order valence-electron chi connectivity index (χ2n) is 25.3. The van der Waals surface area contributed by atoms with Gasteiger partial charge in [-0.15, -0.1) is 0 Å². The van der Waals surface area contributed by atoms with Crippen molar-refractivity contribution in [3.05, 3.63) is 36.5 Å². The van der Waals surface area contributed by atoms with Crippen LogP contribution in [0.3, 0.4) is 0 Å². The number of phosphoric ester groups is 1. The van der Waals surface area contributed by atoms with Gasteiger partial charge in [0.15, 0.2) is 6.10 Å². The molecule has 0 fully saturated rings. The highest BCUT2D eigenvalue weighted by atomic mass is 31.2. The molecule has 0 rings (SSSR count). The van der Waals surface area contributed by atoms with E-state index in [9.17, 15) is 19.0 Å². The van der Waals surface area contributed by atoms with E-state index < -0.39 is 26.5 Å². The Bertz CT molecular complexity index is 1460. The number of esters is 2. The van der Waals surface area contributed by atoms with Gasteiger partial charge >= 0.3 is 19.8 Å². The number of carbonyl (C=O) groups excluding carboxylic acids is 2. The molecule has 478 valence electrons. The van der Waals surface area contributed by atoms with E-state index in [2.05, 4.69) is 50.3 Å². The fraction of sp³-hybridized carbons (Fsp3) is 0.887. The molecule has 9 nitrogen and oxygen atoms in total. The lowest BCUT2D eigenvalue weighted by atomic mass is 10.0. The molecule has 0 aromatic carbocycles. The maximum Gasteiger partial charge on any atom is 0.472 e. The van der Waals surface area contributed by atoms with Gasteiger partial charge in [-0.25, -0.2) is 4.57 Å². The molecule has 0 saturated heterocycles. The number of carbonyl (C=O) groups is 2. The van der Waals surface area contributed by atoms with E-state index in [4.69, 9.17) is 18.5 Å². The maximum atomic E-state index is 12.9. The van der Waals surface area contributed by atoms with Gasteiger partial charge in [0, 0.05) is 12.8 Å². The van der Waals surface area contributed by atoms with Crippen LogP contribution in [-0.4, -0.2) is 74.9 Å². The van der Waals surface area contributed by atoms with Crippen molar-refractivity contribution >= 4 is 19.8 Å². The van der Waals surface area contributed by atoms with Crippen LogP contribution in [0.4, 0.5) is 0 Å². The standard InChI is InChI=1S/C71H136NO8P/c1-6-8-10-12-14-16-18-20-22-24-26-28-30-32-34-36-38-40-42-44-46-48-50-52-54-56-58-60-62-64-71(74)80-69(68-79-81(75,76)78-66-65-72(3,4)5)67-77-70(73)63-61-59-57-55-53-51-49-47-45-43-41-39-37-35-33-31-29-27-25-23-21-19-17-15-13-11-9-7-2/h18,20,24,26,30,32,69H,6-17,19,21-23,25,27-29,31,33-68H2,1-5H3/p+1/b20-18-,26-24-,32-30-. The molecule has 0 heterocycles. The summed E-state index contributed by atoms with van der Waals surface area (Å²) < 4.78 is 34.7. The van der Waals surface area contributed by atoms with Gasteiger partial charge in [-0.2, -0.15) is 0 Å². The van der Waals surface area contributed by atoms with Crippen molar-refractivity contribution in [2.45, 2.75) is 360 Å². The minimum atomic E-state index is -4.39. The molecule has 0 spiro atoms. The number of nitrogens with zero attached hydrogens (tertiary/aromatic N) is 1. The number of unbranched alkanes of at least 4 members (excludes halogenated alkanes) is 46. The number of rotatable bonds is 66. The Morgan fingerprint density at radius 2 is 0.667 bits per heavy atom. The van der Waals surface area contributed by atoms with E-state index in [0.29, 0.717) is 23.9 Å². The van der Waals surface area contributed by atoms with Gasteiger partial charge in [-0.05, 0) is 51.4 Å². The Balaban J connectivity index is 4.01. The maximum absolute atomic E-state index is 12.9. The lowest BCUT2D eigenvalue weighted by molar-refractivity contribution is -0.870. The van der Waals surface area contributed by atoms with E-state index in [-0.39, 0.29) is 25.6 Å². The van der Waals surface area contributed by atoms with Crippen LogP contribution in [0.2, 0.25) is 0 Å². The molecule has 0 aliphatic rings. The molecular formula is C71H137NO8P+. The normalized spacial score (nSPS) is 13.3. The summed E-state index contributed by atoms with van der Waals surface area (Å²) in [6.07, 6.45) is 79.6. The highest BCUT2D eigenvalue weighted by Gasteiger charge is 2.27. The van der Waals surface area contributed by atoms with E-state index in [1.807, 2.05) is 21.1 Å². The Labute approximate surface area is 503 Å². The number of allylic oxidation sites excluding steroid dienone is 6. The molecule has 81 heavy (non-hydrogen) atoms.